The first kappa shape index (κ1) is 17.2. The summed E-state index contributed by atoms with van der Waals surface area (Å²) >= 11 is 0. The molecule has 116 valence electrons. The number of nitrogens with two attached hydrogens (primary N) is 1. The smallest absolute Gasteiger partial charge is 0.326 e. The van der Waals surface area contributed by atoms with Gasteiger partial charge in [-0.3, -0.25) is 4.79 Å². The van der Waals surface area contributed by atoms with E-state index >= 15 is 0 Å². The van der Waals surface area contributed by atoms with Crippen molar-refractivity contribution in [1.82, 2.24) is 5.32 Å². The fourth-order valence-corrected chi connectivity index (χ4v) is 2.11. The maximum atomic E-state index is 11.8. The summed E-state index contributed by atoms with van der Waals surface area (Å²) in [6.07, 6.45) is 1.13. The van der Waals surface area contributed by atoms with Crippen LogP contribution in [0.1, 0.15) is 44.7 Å². The van der Waals surface area contributed by atoms with E-state index in [4.69, 9.17) is 10.8 Å². The lowest BCUT2D eigenvalue weighted by Crippen LogP contribution is -2.41. The van der Waals surface area contributed by atoms with Gasteiger partial charge in [0.2, 0.25) is 5.91 Å². The van der Waals surface area contributed by atoms with E-state index in [1.165, 1.54) is 0 Å². The number of carboxylic acids is 1. The Balaban J connectivity index is 2.44. The van der Waals surface area contributed by atoms with E-state index in [9.17, 15) is 9.59 Å². The standard InChI is InChI=1S/C16H24N2O3/c1-11(2)10-14(16(20)21)18-15(19)9-8-13(17)12-6-4-3-5-7-12/h3-7,11,13-14H,8-10,17H2,1-2H3,(H,18,19)(H,20,21)/t13?,14-/m1/s1. The van der Waals surface area contributed by atoms with Crippen LogP contribution in [0.25, 0.3) is 0 Å². The maximum Gasteiger partial charge on any atom is 0.326 e. The van der Waals surface area contributed by atoms with E-state index < -0.39 is 12.0 Å². The van der Waals surface area contributed by atoms with Crippen LogP contribution >= 0.6 is 0 Å². The van der Waals surface area contributed by atoms with Gasteiger partial charge in [0.1, 0.15) is 6.04 Å². The molecule has 0 aliphatic rings. The molecule has 0 aliphatic carbocycles. The molecule has 0 fully saturated rings. The zero-order valence-electron chi connectivity index (χ0n) is 12.6. The molecule has 0 saturated heterocycles. The molecule has 1 unspecified atom stereocenters. The third-order valence-corrected chi connectivity index (χ3v) is 3.25. The molecule has 0 saturated carbocycles. The average Bonchev–Trinajstić information content (AvgIpc) is 2.44. The molecule has 0 bridgehead atoms. The largest absolute Gasteiger partial charge is 0.480 e. The van der Waals surface area contributed by atoms with Gasteiger partial charge in [-0.25, -0.2) is 4.79 Å². The molecule has 1 aromatic rings. The molecule has 2 atom stereocenters. The zero-order valence-corrected chi connectivity index (χ0v) is 12.6. The van der Waals surface area contributed by atoms with Gasteiger partial charge in [0.05, 0.1) is 0 Å². The monoisotopic (exact) mass is 292 g/mol. The van der Waals surface area contributed by atoms with Gasteiger partial charge in [0.25, 0.3) is 0 Å². The highest BCUT2D eigenvalue weighted by Gasteiger charge is 2.21. The fraction of sp³-hybridized carbons (Fsp3) is 0.500. The highest BCUT2D eigenvalue weighted by atomic mass is 16.4. The van der Waals surface area contributed by atoms with Crippen LogP contribution < -0.4 is 11.1 Å². The summed E-state index contributed by atoms with van der Waals surface area (Å²) in [5.41, 5.74) is 6.99. The van der Waals surface area contributed by atoms with Crippen LogP contribution in [-0.2, 0) is 9.59 Å². The highest BCUT2D eigenvalue weighted by Crippen LogP contribution is 2.15. The lowest BCUT2D eigenvalue weighted by Gasteiger charge is -2.17. The number of rotatable bonds is 8. The normalized spacial score (nSPS) is 13.7. The lowest BCUT2D eigenvalue weighted by molar-refractivity contribution is -0.142. The van der Waals surface area contributed by atoms with Crippen molar-refractivity contribution in [3.05, 3.63) is 35.9 Å². The van der Waals surface area contributed by atoms with E-state index in [-0.39, 0.29) is 24.3 Å². The SMILES string of the molecule is CC(C)C[C@@H](NC(=O)CCC(N)c1ccccc1)C(=O)O. The van der Waals surface area contributed by atoms with Crippen molar-refractivity contribution in [3.8, 4) is 0 Å². The first-order valence-corrected chi connectivity index (χ1v) is 7.22. The molecule has 0 spiro atoms. The molecule has 0 heterocycles. The molecule has 1 aromatic carbocycles. The predicted molar refractivity (Wildman–Crippen MR) is 81.6 cm³/mol. The van der Waals surface area contributed by atoms with Crippen molar-refractivity contribution in [2.45, 2.75) is 45.2 Å². The van der Waals surface area contributed by atoms with Crippen molar-refractivity contribution >= 4 is 11.9 Å². The van der Waals surface area contributed by atoms with Crippen LogP contribution in [0.15, 0.2) is 30.3 Å². The molecule has 0 aromatic heterocycles. The molecule has 21 heavy (non-hydrogen) atoms. The number of nitrogens with one attached hydrogen (secondary N) is 1. The number of carbonyl (C=O) groups excluding carboxylic acids is 1. The van der Waals surface area contributed by atoms with E-state index in [0.29, 0.717) is 12.8 Å². The number of hydrogen-bond donors (Lipinski definition) is 3. The van der Waals surface area contributed by atoms with Crippen LogP contribution in [-0.4, -0.2) is 23.0 Å². The lowest BCUT2D eigenvalue weighted by atomic mass is 10.0. The van der Waals surface area contributed by atoms with E-state index in [0.717, 1.165) is 5.56 Å². The zero-order chi connectivity index (χ0) is 15.8. The minimum absolute atomic E-state index is 0.206. The summed E-state index contributed by atoms with van der Waals surface area (Å²) in [5, 5.41) is 11.6. The van der Waals surface area contributed by atoms with Crippen LogP contribution in [0, 0.1) is 5.92 Å². The number of carboxylic acid groups (broad SMARTS) is 1. The van der Waals surface area contributed by atoms with Gasteiger partial charge in [0, 0.05) is 12.5 Å². The Morgan fingerprint density at radius 2 is 1.86 bits per heavy atom. The molecular formula is C16H24N2O3. The molecule has 1 rings (SSSR count). The Bertz CT molecular complexity index is 460. The van der Waals surface area contributed by atoms with Gasteiger partial charge < -0.3 is 16.2 Å². The van der Waals surface area contributed by atoms with Crippen molar-refractivity contribution in [2.75, 3.05) is 0 Å². The second kappa shape index (κ2) is 8.42. The quantitative estimate of drug-likeness (QED) is 0.684. The van der Waals surface area contributed by atoms with E-state index in [2.05, 4.69) is 5.32 Å². The molecular weight excluding hydrogens is 268 g/mol. The number of benzene rings is 1. The van der Waals surface area contributed by atoms with Crippen LogP contribution in [0.5, 0.6) is 0 Å². The fourth-order valence-electron chi connectivity index (χ4n) is 2.11. The minimum Gasteiger partial charge on any atom is -0.480 e. The number of aliphatic carboxylic acids is 1. The van der Waals surface area contributed by atoms with Crippen LogP contribution in [0.2, 0.25) is 0 Å². The Kier molecular flexibility index (Phi) is 6.88. The molecule has 5 nitrogen and oxygen atoms in total. The second-order valence-electron chi connectivity index (χ2n) is 5.64. The maximum absolute atomic E-state index is 11.8. The Hall–Kier alpha value is -1.88. The highest BCUT2D eigenvalue weighted by molar-refractivity contribution is 5.83. The van der Waals surface area contributed by atoms with Crippen molar-refractivity contribution in [2.24, 2.45) is 11.7 Å². The van der Waals surface area contributed by atoms with Gasteiger partial charge >= 0.3 is 5.97 Å². The van der Waals surface area contributed by atoms with Crippen molar-refractivity contribution in [1.29, 1.82) is 0 Å². The summed E-state index contributed by atoms with van der Waals surface area (Å²) in [4.78, 5) is 22.9. The topological polar surface area (TPSA) is 92.4 Å². The molecule has 1 amide bonds. The summed E-state index contributed by atoms with van der Waals surface area (Å²) in [5.74, 6) is -1.06. The molecule has 5 heteroatoms. The number of hydrogen-bond acceptors (Lipinski definition) is 3. The first-order chi connectivity index (χ1) is 9.90. The summed E-state index contributed by atoms with van der Waals surface area (Å²) in [6.45, 7) is 3.85. The van der Waals surface area contributed by atoms with Gasteiger partial charge in [-0.2, -0.15) is 0 Å². The Morgan fingerprint density at radius 1 is 1.24 bits per heavy atom. The summed E-state index contributed by atoms with van der Waals surface area (Å²) in [6, 6.07) is 8.50. The van der Waals surface area contributed by atoms with Gasteiger partial charge in [-0.1, -0.05) is 44.2 Å². The predicted octanol–water partition coefficient (Wildman–Crippen LogP) is 2.08. The molecule has 4 N–H and O–H groups in total. The minimum atomic E-state index is -0.996. The Morgan fingerprint density at radius 3 is 2.38 bits per heavy atom. The summed E-state index contributed by atoms with van der Waals surface area (Å²) < 4.78 is 0. The van der Waals surface area contributed by atoms with Crippen molar-refractivity contribution < 1.29 is 14.7 Å². The third-order valence-electron chi connectivity index (χ3n) is 3.25. The van der Waals surface area contributed by atoms with Gasteiger partial charge in [0.15, 0.2) is 0 Å². The van der Waals surface area contributed by atoms with Crippen molar-refractivity contribution in [3.63, 3.8) is 0 Å². The average molecular weight is 292 g/mol. The second-order valence-corrected chi connectivity index (χ2v) is 5.64. The molecule has 0 radical (unpaired) electrons. The summed E-state index contributed by atoms with van der Waals surface area (Å²) in [7, 11) is 0. The third kappa shape index (κ3) is 6.40. The Labute approximate surface area is 125 Å². The van der Waals surface area contributed by atoms with Gasteiger partial charge in [-0.15, -0.1) is 0 Å². The van der Waals surface area contributed by atoms with E-state index in [1.807, 2.05) is 44.2 Å². The number of carbonyl (C=O) groups is 2. The van der Waals surface area contributed by atoms with E-state index in [1.54, 1.807) is 0 Å². The molecule has 0 aliphatic heterocycles. The van der Waals surface area contributed by atoms with Gasteiger partial charge in [-0.05, 0) is 24.3 Å². The first-order valence-electron chi connectivity index (χ1n) is 7.22. The van der Waals surface area contributed by atoms with Crippen LogP contribution in [0.4, 0.5) is 0 Å². The number of amides is 1. The van der Waals surface area contributed by atoms with Crippen LogP contribution in [0.3, 0.4) is 0 Å².